The predicted molar refractivity (Wildman–Crippen MR) is 111 cm³/mol. The molecule has 29 heavy (non-hydrogen) atoms. The molecule has 0 saturated heterocycles. The summed E-state index contributed by atoms with van der Waals surface area (Å²) in [5, 5.41) is 4.24. The van der Waals surface area contributed by atoms with E-state index in [-0.39, 0.29) is 5.92 Å². The lowest BCUT2D eigenvalue weighted by atomic mass is 10.1. The summed E-state index contributed by atoms with van der Waals surface area (Å²) in [7, 11) is 1.66. The van der Waals surface area contributed by atoms with Crippen molar-refractivity contribution < 1.29 is 14.4 Å². The number of hydrogen-bond donors (Lipinski definition) is 0. The van der Waals surface area contributed by atoms with Crippen LogP contribution in [0.3, 0.4) is 0 Å². The van der Waals surface area contributed by atoms with Crippen molar-refractivity contribution in [3.05, 3.63) is 95.3 Å². The number of carbonyl (C=O) groups is 1. The number of pyridine rings is 1. The van der Waals surface area contributed by atoms with E-state index < -0.39 is 5.97 Å². The van der Waals surface area contributed by atoms with E-state index in [4.69, 9.17) is 9.57 Å². The number of benzene rings is 2. The molecule has 0 aliphatic heterocycles. The molecule has 1 aliphatic carbocycles. The van der Waals surface area contributed by atoms with E-state index in [1.54, 1.807) is 25.4 Å². The van der Waals surface area contributed by atoms with Crippen LogP contribution < -0.4 is 4.74 Å². The average molecular weight is 386 g/mol. The van der Waals surface area contributed by atoms with Crippen LogP contribution >= 0.6 is 0 Å². The number of rotatable bonds is 6. The van der Waals surface area contributed by atoms with E-state index in [1.807, 2.05) is 49.4 Å². The van der Waals surface area contributed by atoms with Crippen molar-refractivity contribution in [3.63, 3.8) is 0 Å². The summed E-state index contributed by atoms with van der Waals surface area (Å²) < 4.78 is 5.24. The largest absolute Gasteiger partial charge is 0.497 e. The number of carbonyl (C=O) groups excluding carboxylic acids is 1. The molecular weight excluding hydrogens is 364 g/mol. The summed E-state index contributed by atoms with van der Waals surface area (Å²) in [6.45, 7) is 1.97. The Labute approximate surface area is 170 Å². The molecule has 2 aromatic carbocycles. The maximum atomic E-state index is 12.4. The Morgan fingerprint density at radius 2 is 1.79 bits per heavy atom. The van der Waals surface area contributed by atoms with Crippen LogP contribution in [0.15, 0.2) is 78.1 Å². The molecule has 1 aliphatic rings. The summed E-state index contributed by atoms with van der Waals surface area (Å²) in [6.07, 6.45) is 2.65. The summed E-state index contributed by atoms with van der Waals surface area (Å²) >= 11 is 0. The van der Waals surface area contributed by atoms with E-state index in [0.29, 0.717) is 17.2 Å². The highest BCUT2D eigenvalue weighted by atomic mass is 16.7. The monoisotopic (exact) mass is 386 g/mol. The second-order valence-electron chi connectivity index (χ2n) is 7.16. The van der Waals surface area contributed by atoms with Crippen LogP contribution in [0.5, 0.6) is 5.75 Å². The number of ether oxygens (including phenoxy) is 1. The molecule has 0 radical (unpaired) electrons. The lowest BCUT2D eigenvalue weighted by Gasteiger charge is -2.07. The van der Waals surface area contributed by atoms with Gasteiger partial charge in [-0.15, -0.1) is 0 Å². The second-order valence-corrected chi connectivity index (χ2v) is 7.16. The molecule has 5 nitrogen and oxygen atoms in total. The van der Waals surface area contributed by atoms with Gasteiger partial charge >= 0.3 is 5.97 Å². The van der Waals surface area contributed by atoms with Crippen molar-refractivity contribution in [1.82, 2.24) is 4.98 Å². The highest BCUT2D eigenvalue weighted by molar-refractivity contribution is 6.03. The summed E-state index contributed by atoms with van der Waals surface area (Å²) in [4.78, 5) is 22.1. The zero-order chi connectivity index (χ0) is 20.2. The zero-order valence-corrected chi connectivity index (χ0v) is 16.4. The molecule has 0 bridgehead atoms. The van der Waals surface area contributed by atoms with Gasteiger partial charge < -0.3 is 9.57 Å². The highest BCUT2D eigenvalue weighted by Gasteiger charge is 2.43. The minimum absolute atomic E-state index is 0.157. The molecule has 1 saturated carbocycles. The van der Waals surface area contributed by atoms with E-state index in [2.05, 4.69) is 22.3 Å². The molecule has 4 rings (SSSR count). The third-order valence-corrected chi connectivity index (χ3v) is 5.13. The Kier molecular flexibility index (Phi) is 5.38. The second kappa shape index (κ2) is 8.27. The van der Waals surface area contributed by atoms with Gasteiger partial charge in [0.15, 0.2) is 0 Å². The molecule has 0 amide bonds. The van der Waals surface area contributed by atoms with Gasteiger partial charge in [-0.25, -0.2) is 4.79 Å². The first-order valence-corrected chi connectivity index (χ1v) is 9.57. The molecule has 5 heteroatoms. The van der Waals surface area contributed by atoms with Gasteiger partial charge in [-0.3, -0.25) is 4.98 Å². The standard InChI is InChI=1S/C24H22N2O3/c1-16-6-8-18(9-7-16)24(27)29-26-23(22-5-3-4-14-25-22)21-15-20(21)17-10-12-19(28-2)13-11-17/h3-14,20-21H,15H2,1-2H3/b26-23+/t20-,21+/m0/s1. The molecule has 0 N–H and O–H groups in total. The molecule has 1 heterocycles. The van der Waals surface area contributed by atoms with E-state index >= 15 is 0 Å². The van der Waals surface area contributed by atoms with E-state index in [0.717, 1.165) is 23.4 Å². The maximum absolute atomic E-state index is 12.4. The number of aryl methyl sites for hydroxylation is 1. The Hall–Kier alpha value is -3.47. The van der Waals surface area contributed by atoms with Crippen molar-refractivity contribution in [2.75, 3.05) is 7.11 Å². The first-order valence-electron chi connectivity index (χ1n) is 9.57. The third-order valence-electron chi connectivity index (χ3n) is 5.13. The topological polar surface area (TPSA) is 60.8 Å². The van der Waals surface area contributed by atoms with Gasteiger partial charge in [-0.1, -0.05) is 41.1 Å². The quantitative estimate of drug-likeness (QED) is 0.348. The van der Waals surface area contributed by atoms with Crippen LogP contribution in [0.4, 0.5) is 0 Å². The van der Waals surface area contributed by atoms with Gasteiger partial charge in [0.25, 0.3) is 0 Å². The molecule has 146 valence electrons. The van der Waals surface area contributed by atoms with Crippen molar-refractivity contribution in [1.29, 1.82) is 0 Å². The Bertz CT molecular complexity index is 1010. The van der Waals surface area contributed by atoms with Crippen molar-refractivity contribution in [2.24, 2.45) is 11.1 Å². The van der Waals surface area contributed by atoms with E-state index in [1.165, 1.54) is 5.56 Å². The summed E-state index contributed by atoms with van der Waals surface area (Å²) in [5.41, 5.74) is 4.20. The smallest absolute Gasteiger partial charge is 0.365 e. The first-order chi connectivity index (χ1) is 14.2. The lowest BCUT2D eigenvalue weighted by molar-refractivity contribution is 0.0515. The highest BCUT2D eigenvalue weighted by Crippen LogP contribution is 2.49. The lowest BCUT2D eigenvalue weighted by Crippen LogP contribution is -2.11. The molecule has 1 fully saturated rings. The van der Waals surface area contributed by atoms with Crippen molar-refractivity contribution in [2.45, 2.75) is 19.3 Å². The van der Waals surface area contributed by atoms with Crippen LogP contribution in [0.2, 0.25) is 0 Å². The average Bonchev–Trinajstić information content (AvgIpc) is 3.55. The Balaban J connectivity index is 1.55. The van der Waals surface area contributed by atoms with Crippen molar-refractivity contribution in [3.8, 4) is 5.75 Å². The van der Waals surface area contributed by atoms with Crippen LogP contribution in [0, 0.1) is 12.8 Å². The summed E-state index contributed by atoms with van der Waals surface area (Å²) in [5.74, 6) is 0.834. The molecule has 2 atom stereocenters. The number of nitrogens with zero attached hydrogens (tertiary/aromatic N) is 2. The van der Waals surface area contributed by atoms with Gasteiger partial charge in [0.1, 0.15) is 11.5 Å². The SMILES string of the molecule is COc1ccc([C@@H]2C[C@H]2/C(=N\OC(=O)c2ccc(C)cc2)c2ccccn2)cc1. The van der Waals surface area contributed by atoms with Gasteiger partial charge in [-0.05, 0) is 61.2 Å². The molecule has 0 unspecified atom stereocenters. The number of hydrogen-bond acceptors (Lipinski definition) is 5. The van der Waals surface area contributed by atoms with Gasteiger partial charge in [0, 0.05) is 12.1 Å². The minimum atomic E-state index is -0.472. The Morgan fingerprint density at radius 1 is 1.03 bits per heavy atom. The van der Waals surface area contributed by atoms with Gasteiger partial charge in [0.05, 0.1) is 18.4 Å². The minimum Gasteiger partial charge on any atom is -0.497 e. The van der Waals surface area contributed by atoms with Gasteiger partial charge in [0.2, 0.25) is 0 Å². The maximum Gasteiger partial charge on any atom is 0.365 e. The first kappa shape index (κ1) is 18.9. The molecular formula is C24H22N2O3. The normalized spacial score (nSPS) is 18.2. The fourth-order valence-electron chi connectivity index (χ4n) is 3.37. The van der Waals surface area contributed by atoms with Crippen molar-refractivity contribution >= 4 is 11.7 Å². The van der Waals surface area contributed by atoms with Gasteiger partial charge in [-0.2, -0.15) is 0 Å². The van der Waals surface area contributed by atoms with Crippen LogP contribution in [0.1, 0.15) is 39.5 Å². The van der Waals surface area contributed by atoms with Crippen LogP contribution in [-0.4, -0.2) is 23.8 Å². The van der Waals surface area contributed by atoms with Crippen LogP contribution in [0.25, 0.3) is 0 Å². The predicted octanol–water partition coefficient (Wildman–Crippen LogP) is 4.76. The van der Waals surface area contributed by atoms with E-state index in [9.17, 15) is 4.79 Å². The molecule has 0 spiro atoms. The number of methoxy groups -OCH3 is 1. The zero-order valence-electron chi connectivity index (χ0n) is 16.4. The summed E-state index contributed by atoms with van der Waals surface area (Å²) in [6, 6.07) is 20.9. The fraction of sp³-hybridized carbons (Fsp3) is 0.208. The van der Waals surface area contributed by atoms with Crippen LogP contribution in [-0.2, 0) is 4.84 Å². The fourth-order valence-corrected chi connectivity index (χ4v) is 3.37. The molecule has 1 aromatic heterocycles. The molecule has 3 aromatic rings. The third kappa shape index (κ3) is 4.35. The Morgan fingerprint density at radius 3 is 2.45 bits per heavy atom. The number of aromatic nitrogens is 1. The number of oxime groups is 1.